The molecule has 1 fully saturated rings. The zero-order valence-corrected chi connectivity index (χ0v) is 16.1. The second-order valence-electron chi connectivity index (χ2n) is 7.54. The maximum absolute atomic E-state index is 13.3. The topological polar surface area (TPSA) is 50.5 Å². The van der Waals surface area contributed by atoms with Crippen LogP contribution in [0.2, 0.25) is 0 Å². The van der Waals surface area contributed by atoms with Crippen molar-refractivity contribution in [3.05, 3.63) is 81.7 Å². The summed E-state index contributed by atoms with van der Waals surface area (Å²) in [6, 6.07) is 11.8. The SMILES string of the molecule is O=C(CCN1CCC(c2ccccc2C(F)(F)F)C1)c1ccc2occc(=O)c2c1. The fourth-order valence-corrected chi connectivity index (χ4v) is 4.06. The molecule has 1 unspecified atom stereocenters. The predicted octanol–water partition coefficient (Wildman–Crippen LogP) is 4.87. The molecule has 0 bridgehead atoms. The molecule has 0 amide bonds. The molecule has 156 valence electrons. The van der Waals surface area contributed by atoms with Gasteiger partial charge in [-0.15, -0.1) is 0 Å². The predicted molar refractivity (Wildman–Crippen MR) is 107 cm³/mol. The molecule has 7 heteroatoms. The van der Waals surface area contributed by atoms with Crippen LogP contribution in [0.25, 0.3) is 11.0 Å². The van der Waals surface area contributed by atoms with Crippen molar-refractivity contribution in [1.82, 2.24) is 4.90 Å². The summed E-state index contributed by atoms with van der Waals surface area (Å²) < 4.78 is 45.1. The van der Waals surface area contributed by atoms with E-state index in [1.165, 1.54) is 24.5 Å². The van der Waals surface area contributed by atoms with Crippen LogP contribution in [0.3, 0.4) is 0 Å². The van der Waals surface area contributed by atoms with Crippen molar-refractivity contribution in [2.75, 3.05) is 19.6 Å². The smallest absolute Gasteiger partial charge is 0.416 e. The molecule has 1 aliphatic rings. The monoisotopic (exact) mass is 415 g/mol. The molecule has 1 atom stereocenters. The van der Waals surface area contributed by atoms with Crippen LogP contribution in [-0.4, -0.2) is 30.3 Å². The molecule has 1 aliphatic heterocycles. The minimum atomic E-state index is -4.37. The number of carbonyl (C=O) groups is 1. The number of halogens is 3. The Kier molecular flexibility index (Phi) is 5.47. The van der Waals surface area contributed by atoms with Gasteiger partial charge in [0, 0.05) is 31.1 Å². The third-order valence-electron chi connectivity index (χ3n) is 5.61. The molecule has 4 nitrogen and oxygen atoms in total. The zero-order valence-electron chi connectivity index (χ0n) is 16.1. The summed E-state index contributed by atoms with van der Waals surface area (Å²) >= 11 is 0. The summed E-state index contributed by atoms with van der Waals surface area (Å²) in [4.78, 5) is 26.5. The quantitative estimate of drug-likeness (QED) is 0.558. The number of alkyl halides is 3. The molecular formula is C23H20F3NO3. The highest BCUT2D eigenvalue weighted by atomic mass is 19.4. The van der Waals surface area contributed by atoms with Gasteiger partial charge in [0.1, 0.15) is 5.58 Å². The molecule has 30 heavy (non-hydrogen) atoms. The number of carbonyl (C=O) groups excluding carboxylic acids is 1. The van der Waals surface area contributed by atoms with Crippen LogP contribution >= 0.6 is 0 Å². The summed E-state index contributed by atoms with van der Waals surface area (Å²) in [5.41, 5.74) is 0.378. The van der Waals surface area contributed by atoms with E-state index in [-0.39, 0.29) is 23.6 Å². The van der Waals surface area contributed by atoms with E-state index in [4.69, 9.17) is 4.42 Å². The first kappa shape index (κ1) is 20.3. The largest absolute Gasteiger partial charge is 0.464 e. The molecule has 2 heterocycles. The molecule has 0 radical (unpaired) electrons. The third kappa shape index (κ3) is 4.16. The number of rotatable bonds is 5. The van der Waals surface area contributed by atoms with Crippen LogP contribution in [0.5, 0.6) is 0 Å². The highest BCUT2D eigenvalue weighted by Gasteiger charge is 2.36. The van der Waals surface area contributed by atoms with E-state index in [1.54, 1.807) is 24.3 Å². The number of likely N-dealkylation sites (tertiary alicyclic amines) is 1. The van der Waals surface area contributed by atoms with Crippen molar-refractivity contribution in [3.8, 4) is 0 Å². The van der Waals surface area contributed by atoms with Crippen LogP contribution in [0, 0.1) is 0 Å². The van der Waals surface area contributed by atoms with Gasteiger partial charge < -0.3 is 9.32 Å². The maximum Gasteiger partial charge on any atom is 0.416 e. The fraction of sp³-hybridized carbons (Fsp3) is 0.304. The second-order valence-corrected chi connectivity index (χ2v) is 7.54. The van der Waals surface area contributed by atoms with Crippen molar-refractivity contribution >= 4 is 16.8 Å². The summed E-state index contributed by atoms with van der Waals surface area (Å²) in [5.74, 6) is -0.317. The zero-order chi connectivity index (χ0) is 21.3. The lowest BCUT2D eigenvalue weighted by Crippen LogP contribution is -2.24. The lowest BCUT2D eigenvalue weighted by Gasteiger charge is -2.19. The average molecular weight is 415 g/mol. The van der Waals surface area contributed by atoms with Crippen LogP contribution in [-0.2, 0) is 6.18 Å². The minimum absolute atomic E-state index is 0.112. The molecule has 0 aliphatic carbocycles. The Morgan fingerprint density at radius 3 is 2.73 bits per heavy atom. The lowest BCUT2D eigenvalue weighted by molar-refractivity contribution is -0.138. The van der Waals surface area contributed by atoms with Gasteiger partial charge in [-0.3, -0.25) is 9.59 Å². The molecule has 0 saturated carbocycles. The van der Waals surface area contributed by atoms with Gasteiger partial charge in [0.15, 0.2) is 11.2 Å². The highest BCUT2D eigenvalue weighted by Crippen LogP contribution is 2.38. The van der Waals surface area contributed by atoms with Gasteiger partial charge in [-0.25, -0.2) is 0 Å². The van der Waals surface area contributed by atoms with E-state index in [2.05, 4.69) is 0 Å². The molecule has 2 aromatic carbocycles. The minimum Gasteiger partial charge on any atom is -0.464 e. The maximum atomic E-state index is 13.3. The van der Waals surface area contributed by atoms with Gasteiger partial charge in [0.05, 0.1) is 17.2 Å². The summed E-state index contributed by atoms with van der Waals surface area (Å²) in [5, 5.41) is 0.355. The molecule has 1 saturated heterocycles. The van der Waals surface area contributed by atoms with E-state index in [9.17, 15) is 22.8 Å². The first-order valence-electron chi connectivity index (χ1n) is 9.76. The van der Waals surface area contributed by atoms with E-state index in [0.29, 0.717) is 48.2 Å². The normalized spacial score (nSPS) is 17.5. The van der Waals surface area contributed by atoms with Gasteiger partial charge in [-0.1, -0.05) is 18.2 Å². The molecule has 4 rings (SSSR count). The summed E-state index contributed by atoms with van der Waals surface area (Å²) in [6.45, 7) is 1.60. The third-order valence-corrected chi connectivity index (χ3v) is 5.61. The number of Topliss-reactive ketones (excluding diaryl/α,β-unsaturated/α-hetero) is 1. The number of hydrogen-bond donors (Lipinski definition) is 0. The average Bonchev–Trinajstić information content (AvgIpc) is 3.20. The van der Waals surface area contributed by atoms with Crippen molar-refractivity contribution in [2.45, 2.75) is 24.9 Å². The number of benzene rings is 2. The second kappa shape index (κ2) is 8.07. The summed E-state index contributed by atoms with van der Waals surface area (Å²) in [6.07, 6.45) is -2.20. The van der Waals surface area contributed by atoms with E-state index < -0.39 is 11.7 Å². The van der Waals surface area contributed by atoms with Crippen molar-refractivity contribution in [1.29, 1.82) is 0 Å². The van der Waals surface area contributed by atoms with Crippen molar-refractivity contribution in [2.24, 2.45) is 0 Å². The van der Waals surface area contributed by atoms with Crippen LogP contribution in [0.15, 0.2) is 64.0 Å². The van der Waals surface area contributed by atoms with Gasteiger partial charge in [-0.2, -0.15) is 13.2 Å². The van der Waals surface area contributed by atoms with Crippen molar-refractivity contribution < 1.29 is 22.4 Å². The lowest BCUT2D eigenvalue weighted by atomic mass is 9.93. The molecule has 3 aromatic rings. The first-order chi connectivity index (χ1) is 14.3. The summed E-state index contributed by atoms with van der Waals surface area (Å²) in [7, 11) is 0. The Bertz CT molecular complexity index is 1140. The molecular weight excluding hydrogens is 395 g/mol. The highest BCUT2D eigenvalue weighted by molar-refractivity contribution is 5.99. The van der Waals surface area contributed by atoms with Gasteiger partial charge in [0.2, 0.25) is 0 Å². The Morgan fingerprint density at radius 1 is 1.13 bits per heavy atom. The van der Waals surface area contributed by atoms with Gasteiger partial charge >= 0.3 is 6.18 Å². The van der Waals surface area contributed by atoms with Crippen molar-refractivity contribution in [3.63, 3.8) is 0 Å². The van der Waals surface area contributed by atoms with E-state index >= 15 is 0 Å². The number of hydrogen-bond acceptors (Lipinski definition) is 4. The van der Waals surface area contributed by atoms with Crippen LogP contribution in [0.1, 0.15) is 40.2 Å². The Hall–Kier alpha value is -2.93. The standard InChI is InChI=1S/C23H20F3NO3/c24-23(25,26)19-4-2-1-3-17(19)16-7-10-27(14-16)11-8-20(28)15-5-6-22-18(13-15)21(29)9-12-30-22/h1-6,9,12-13,16H,7-8,10-11,14H2. The van der Waals surface area contributed by atoms with Gasteiger partial charge in [0.25, 0.3) is 0 Å². The number of fused-ring (bicyclic) bond motifs is 1. The molecule has 1 aromatic heterocycles. The fourth-order valence-electron chi connectivity index (χ4n) is 4.06. The van der Waals surface area contributed by atoms with Gasteiger partial charge in [-0.05, 0) is 48.7 Å². The van der Waals surface area contributed by atoms with E-state index in [1.807, 2.05) is 4.90 Å². The van der Waals surface area contributed by atoms with E-state index in [0.717, 1.165) is 6.07 Å². The number of ketones is 1. The molecule has 0 spiro atoms. The van der Waals surface area contributed by atoms with Crippen LogP contribution < -0.4 is 5.43 Å². The molecule has 0 N–H and O–H groups in total. The van der Waals surface area contributed by atoms with Crippen LogP contribution in [0.4, 0.5) is 13.2 Å². The number of nitrogens with zero attached hydrogens (tertiary/aromatic N) is 1. The first-order valence-corrected chi connectivity index (χ1v) is 9.76. The Labute approximate surface area is 170 Å². The Morgan fingerprint density at radius 2 is 1.93 bits per heavy atom. The Balaban J connectivity index is 1.41.